The lowest BCUT2D eigenvalue weighted by molar-refractivity contribution is 0.191. The Balaban J connectivity index is 1.26. The molecule has 1 saturated heterocycles. The van der Waals surface area contributed by atoms with Crippen LogP contribution < -0.4 is 10.2 Å². The second kappa shape index (κ2) is 9.09. The van der Waals surface area contributed by atoms with Gasteiger partial charge in [0.05, 0.1) is 11.4 Å². The highest BCUT2D eigenvalue weighted by atomic mass is 19.1. The lowest BCUT2D eigenvalue weighted by Gasteiger charge is -2.36. The fourth-order valence-corrected chi connectivity index (χ4v) is 4.20. The van der Waals surface area contributed by atoms with Crippen LogP contribution in [0, 0.1) is 11.6 Å². The zero-order chi connectivity index (χ0) is 23.7. The van der Waals surface area contributed by atoms with Gasteiger partial charge in [-0.1, -0.05) is 12.1 Å². The second-order valence-corrected chi connectivity index (χ2v) is 8.35. The molecule has 2 aromatic heterocycles. The molecule has 3 heterocycles. The molecule has 2 N–H and O–H groups in total. The summed E-state index contributed by atoms with van der Waals surface area (Å²) in [7, 11) is 0. The Morgan fingerprint density at radius 3 is 2.29 bits per heavy atom. The minimum Gasteiger partial charge on any atom is -0.352 e. The molecule has 2 amide bonds. The maximum absolute atomic E-state index is 13.3. The van der Waals surface area contributed by atoms with Gasteiger partial charge in [-0.15, -0.1) is 0 Å². The van der Waals surface area contributed by atoms with Gasteiger partial charge in [-0.2, -0.15) is 0 Å². The van der Waals surface area contributed by atoms with Crippen LogP contribution in [0.25, 0.3) is 22.3 Å². The fraction of sp³-hybridized carbons (Fsp3) is 0.240. The fourth-order valence-electron chi connectivity index (χ4n) is 4.20. The standard InChI is InChI=1S/C25H24F2N6O/c1-16(17-2-6-19(26)7-3-17)30-25(34)33-12-10-32(11-13-33)24-21-14-22(31-23(21)28-15-29-24)18-4-8-20(27)9-5-18/h2-9,14-16H,10-13H2,1H3,(H,30,34)(H,28,29,31)/t16-/m1/s1. The Labute approximate surface area is 195 Å². The molecule has 2 aromatic carbocycles. The highest BCUT2D eigenvalue weighted by Gasteiger charge is 2.24. The van der Waals surface area contributed by atoms with E-state index in [9.17, 15) is 13.6 Å². The van der Waals surface area contributed by atoms with Gasteiger partial charge in [-0.3, -0.25) is 0 Å². The summed E-state index contributed by atoms with van der Waals surface area (Å²) < 4.78 is 26.4. The van der Waals surface area contributed by atoms with Gasteiger partial charge in [0, 0.05) is 31.9 Å². The molecular weight excluding hydrogens is 438 g/mol. The Kier molecular flexibility index (Phi) is 5.83. The number of aromatic amines is 1. The van der Waals surface area contributed by atoms with Crippen LogP contribution in [0.4, 0.5) is 19.4 Å². The predicted molar refractivity (Wildman–Crippen MR) is 126 cm³/mol. The number of carbonyl (C=O) groups excluding carboxylic acids is 1. The number of benzene rings is 2. The largest absolute Gasteiger partial charge is 0.352 e. The number of piperazine rings is 1. The van der Waals surface area contributed by atoms with Crippen molar-refractivity contribution in [2.45, 2.75) is 13.0 Å². The number of hydrogen-bond donors (Lipinski definition) is 2. The zero-order valence-electron chi connectivity index (χ0n) is 18.6. The average molecular weight is 463 g/mol. The number of fused-ring (bicyclic) bond motifs is 1. The number of amides is 2. The van der Waals surface area contributed by atoms with E-state index in [-0.39, 0.29) is 23.7 Å². The first kappa shape index (κ1) is 21.8. The minimum atomic E-state index is -0.301. The molecule has 0 saturated carbocycles. The lowest BCUT2D eigenvalue weighted by atomic mass is 10.1. The van der Waals surface area contributed by atoms with Gasteiger partial charge in [-0.05, 0) is 60.5 Å². The number of rotatable bonds is 4. The topological polar surface area (TPSA) is 77.2 Å². The molecule has 7 nitrogen and oxygen atoms in total. The average Bonchev–Trinajstić information content (AvgIpc) is 3.29. The van der Waals surface area contributed by atoms with Gasteiger partial charge in [-0.25, -0.2) is 23.5 Å². The van der Waals surface area contributed by atoms with Crippen LogP contribution in [0.2, 0.25) is 0 Å². The van der Waals surface area contributed by atoms with Crippen molar-refractivity contribution in [1.29, 1.82) is 0 Å². The molecule has 0 spiro atoms. The molecule has 1 atom stereocenters. The van der Waals surface area contributed by atoms with Gasteiger partial charge in [0.25, 0.3) is 0 Å². The summed E-state index contributed by atoms with van der Waals surface area (Å²) in [4.78, 5) is 28.8. The highest BCUT2D eigenvalue weighted by molar-refractivity contribution is 5.92. The van der Waals surface area contributed by atoms with Crippen LogP contribution in [0.5, 0.6) is 0 Å². The Morgan fingerprint density at radius 2 is 1.62 bits per heavy atom. The van der Waals surface area contributed by atoms with Crippen LogP contribution in [0.1, 0.15) is 18.5 Å². The van der Waals surface area contributed by atoms with Gasteiger partial charge >= 0.3 is 6.03 Å². The molecule has 9 heteroatoms. The molecule has 174 valence electrons. The van der Waals surface area contributed by atoms with Crippen molar-refractivity contribution in [2.75, 3.05) is 31.1 Å². The summed E-state index contributed by atoms with van der Waals surface area (Å²) in [6.07, 6.45) is 1.52. The van der Waals surface area contributed by atoms with E-state index in [1.54, 1.807) is 29.2 Å². The van der Waals surface area contributed by atoms with Crippen LogP contribution in [-0.4, -0.2) is 52.1 Å². The van der Waals surface area contributed by atoms with Crippen LogP contribution in [0.15, 0.2) is 60.9 Å². The number of nitrogens with one attached hydrogen (secondary N) is 2. The lowest BCUT2D eigenvalue weighted by Crippen LogP contribution is -2.52. The molecule has 5 rings (SSSR count). The summed E-state index contributed by atoms with van der Waals surface area (Å²) in [5.74, 6) is 0.216. The van der Waals surface area contributed by atoms with E-state index in [2.05, 4.69) is 25.2 Å². The molecule has 1 fully saturated rings. The van der Waals surface area contributed by atoms with E-state index in [0.29, 0.717) is 31.8 Å². The molecule has 0 aliphatic carbocycles. The Bertz CT molecular complexity index is 1300. The summed E-state index contributed by atoms with van der Waals surface area (Å²) in [6.45, 7) is 4.22. The van der Waals surface area contributed by atoms with Crippen molar-refractivity contribution >= 4 is 22.9 Å². The normalized spacial score (nSPS) is 14.9. The molecule has 1 aliphatic heterocycles. The van der Waals surface area contributed by atoms with Gasteiger partial charge in [0.1, 0.15) is 29.4 Å². The molecule has 0 bridgehead atoms. The number of hydrogen-bond acceptors (Lipinski definition) is 4. The van der Waals surface area contributed by atoms with E-state index >= 15 is 0 Å². The Morgan fingerprint density at radius 1 is 0.971 bits per heavy atom. The zero-order valence-corrected chi connectivity index (χ0v) is 18.6. The monoisotopic (exact) mass is 462 g/mol. The molecule has 4 aromatic rings. The maximum atomic E-state index is 13.3. The Hall–Kier alpha value is -4.01. The third-order valence-corrected chi connectivity index (χ3v) is 6.14. The van der Waals surface area contributed by atoms with Crippen molar-refractivity contribution in [3.8, 4) is 11.3 Å². The smallest absolute Gasteiger partial charge is 0.317 e. The van der Waals surface area contributed by atoms with Gasteiger partial charge in [0.15, 0.2) is 0 Å². The molecule has 0 radical (unpaired) electrons. The quantitative estimate of drug-likeness (QED) is 0.468. The van der Waals surface area contributed by atoms with Crippen molar-refractivity contribution in [3.63, 3.8) is 0 Å². The van der Waals surface area contributed by atoms with E-state index in [4.69, 9.17) is 0 Å². The molecule has 1 aliphatic rings. The summed E-state index contributed by atoms with van der Waals surface area (Å²) >= 11 is 0. The number of nitrogens with zero attached hydrogens (tertiary/aromatic N) is 4. The maximum Gasteiger partial charge on any atom is 0.317 e. The molecule has 34 heavy (non-hydrogen) atoms. The first-order valence-electron chi connectivity index (χ1n) is 11.1. The summed E-state index contributed by atoms with van der Waals surface area (Å²) in [5, 5.41) is 3.86. The van der Waals surface area contributed by atoms with E-state index in [1.165, 1.54) is 30.6 Å². The SMILES string of the molecule is C[C@@H](NC(=O)N1CCN(c2ncnc3[nH]c(-c4ccc(F)cc4)cc23)CC1)c1ccc(F)cc1. The van der Waals surface area contributed by atoms with Gasteiger partial charge in [0.2, 0.25) is 0 Å². The van der Waals surface area contributed by atoms with Crippen LogP contribution in [-0.2, 0) is 0 Å². The van der Waals surface area contributed by atoms with Crippen molar-refractivity contribution in [2.24, 2.45) is 0 Å². The van der Waals surface area contributed by atoms with Crippen molar-refractivity contribution in [1.82, 2.24) is 25.2 Å². The predicted octanol–water partition coefficient (Wildman–Crippen LogP) is 4.50. The second-order valence-electron chi connectivity index (χ2n) is 8.35. The molecular formula is C25H24F2N6O. The minimum absolute atomic E-state index is 0.149. The van der Waals surface area contributed by atoms with E-state index in [0.717, 1.165) is 28.0 Å². The number of H-pyrrole nitrogens is 1. The third kappa shape index (κ3) is 4.41. The number of aromatic nitrogens is 3. The number of anilines is 1. The van der Waals surface area contributed by atoms with Crippen LogP contribution in [0.3, 0.4) is 0 Å². The van der Waals surface area contributed by atoms with Crippen molar-refractivity contribution in [3.05, 3.63) is 78.1 Å². The van der Waals surface area contributed by atoms with E-state index in [1.807, 2.05) is 13.0 Å². The third-order valence-electron chi connectivity index (χ3n) is 6.14. The van der Waals surface area contributed by atoms with Gasteiger partial charge < -0.3 is 20.1 Å². The summed E-state index contributed by atoms with van der Waals surface area (Å²) in [5.41, 5.74) is 3.26. The number of halogens is 2. The van der Waals surface area contributed by atoms with Crippen LogP contribution >= 0.6 is 0 Å². The highest BCUT2D eigenvalue weighted by Crippen LogP contribution is 2.29. The summed E-state index contributed by atoms with van der Waals surface area (Å²) in [6, 6.07) is 14.0. The number of urea groups is 1. The first-order chi connectivity index (χ1) is 16.5. The van der Waals surface area contributed by atoms with E-state index < -0.39 is 0 Å². The van der Waals surface area contributed by atoms with Crippen molar-refractivity contribution < 1.29 is 13.6 Å². The first-order valence-corrected chi connectivity index (χ1v) is 11.1. The number of carbonyl (C=O) groups is 1. The molecule has 0 unspecified atom stereocenters.